The second-order valence-corrected chi connectivity index (χ2v) is 4.80. The number of hydrogen-bond donors (Lipinski definition) is 1. The van der Waals surface area contributed by atoms with Crippen molar-refractivity contribution in [3.05, 3.63) is 0 Å². The summed E-state index contributed by atoms with van der Waals surface area (Å²) in [5.74, 6) is 0.666. The molecule has 0 aromatic carbocycles. The summed E-state index contributed by atoms with van der Waals surface area (Å²) >= 11 is 0. The maximum Gasteiger partial charge on any atom is 0.0834 e. The van der Waals surface area contributed by atoms with Crippen LogP contribution in [0.4, 0.5) is 0 Å². The molecule has 3 heteroatoms. The molecule has 1 fully saturated rings. The summed E-state index contributed by atoms with van der Waals surface area (Å²) < 4.78 is 11.1. The highest BCUT2D eigenvalue weighted by Crippen LogP contribution is 2.16. The van der Waals surface area contributed by atoms with Crippen molar-refractivity contribution >= 4 is 0 Å². The molecule has 1 N–H and O–H groups in total. The zero-order valence-corrected chi connectivity index (χ0v) is 10.7. The Morgan fingerprint density at radius 1 is 1.38 bits per heavy atom. The lowest BCUT2D eigenvalue weighted by atomic mass is 10.0. The SMILES string of the molecule is CCCCC(CC)CO[C@@H]1COC[C@H](O)C1. The van der Waals surface area contributed by atoms with Gasteiger partial charge in [-0.2, -0.15) is 0 Å². The molecule has 3 atom stereocenters. The van der Waals surface area contributed by atoms with Crippen LogP contribution >= 0.6 is 0 Å². The summed E-state index contributed by atoms with van der Waals surface area (Å²) in [6.07, 6.45) is 5.45. The largest absolute Gasteiger partial charge is 0.391 e. The van der Waals surface area contributed by atoms with Crippen LogP contribution in [0.1, 0.15) is 46.0 Å². The molecule has 1 saturated heterocycles. The molecule has 0 aliphatic carbocycles. The second-order valence-electron chi connectivity index (χ2n) is 4.80. The summed E-state index contributed by atoms with van der Waals surface area (Å²) in [4.78, 5) is 0. The van der Waals surface area contributed by atoms with E-state index in [1.165, 1.54) is 25.7 Å². The summed E-state index contributed by atoms with van der Waals surface area (Å²) in [5.41, 5.74) is 0. The van der Waals surface area contributed by atoms with Gasteiger partial charge in [0.15, 0.2) is 0 Å². The first-order valence-corrected chi connectivity index (χ1v) is 6.63. The Hall–Kier alpha value is -0.120. The van der Waals surface area contributed by atoms with Gasteiger partial charge in [0.25, 0.3) is 0 Å². The number of unbranched alkanes of at least 4 members (excludes halogenated alkanes) is 1. The molecule has 1 aliphatic heterocycles. The first-order chi connectivity index (χ1) is 7.76. The molecule has 0 aromatic heterocycles. The lowest BCUT2D eigenvalue weighted by molar-refractivity contribution is -0.105. The van der Waals surface area contributed by atoms with Crippen molar-refractivity contribution < 1.29 is 14.6 Å². The minimum absolute atomic E-state index is 0.0967. The van der Waals surface area contributed by atoms with Gasteiger partial charge in [0.05, 0.1) is 25.4 Å². The summed E-state index contributed by atoms with van der Waals surface area (Å²) in [6.45, 7) is 6.36. The van der Waals surface area contributed by atoms with Gasteiger partial charge in [-0.3, -0.25) is 0 Å². The van der Waals surface area contributed by atoms with Crippen LogP contribution in [0.5, 0.6) is 0 Å². The van der Waals surface area contributed by atoms with Crippen molar-refractivity contribution in [2.75, 3.05) is 19.8 Å². The number of aliphatic hydroxyl groups is 1. The van der Waals surface area contributed by atoms with E-state index < -0.39 is 0 Å². The normalized spacial score (nSPS) is 27.9. The second kappa shape index (κ2) is 8.04. The van der Waals surface area contributed by atoms with E-state index in [4.69, 9.17) is 9.47 Å². The van der Waals surface area contributed by atoms with Gasteiger partial charge in [0.2, 0.25) is 0 Å². The van der Waals surface area contributed by atoms with E-state index in [9.17, 15) is 5.11 Å². The van der Waals surface area contributed by atoms with Gasteiger partial charge in [-0.1, -0.05) is 33.1 Å². The molecule has 0 radical (unpaired) electrons. The van der Waals surface area contributed by atoms with Crippen LogP contribution in [0.25, 0.3) is 0 Å². The van der Waals surface area contributed by atoms with Crippen LogP contribution < -0.4 is 0 Å². The fraction of sp³-hybridized carbons (Fsp3) is 1.00. The molecule has 0 aromatic rings. The van der Waals surface area contributed by atoms with E-state index in [2.05, 4.69) is 13.8 Å². The van der Waals surface area contributed by atoms with Crippen molar-refractivity contribution in [2.24, 2.45) is 5.92 Å². The Bertz CT molecular complexity index is 173. The molecule has 1 aliphatic rings. The van der Waals surface area contributed by atoms with Crippen LogP contribution in [0.15, 0.2) is 0 Å². The summed E-state index contributed by atoms with van der Waals surface area (Å²) in [5, 5.41) is 9.44. The van der Waals surface area contributed by atoms with Gasteiger partial charge in [-0.05, 0) is 12.3 Å². The highest BCUT2D eigenvalue weighted by atomic mass is 16.5. The molecule has 0 spiro atoms. The fourth-order valence-corrected chi connectivity index (χ4v) is 2.06. The fourth-order valence-electron chi connectivity index (χ4n) is 2.06. The van der Waals surface area contributed by atoms with E-state index in [0.29, 0.717) is 19.1 Å². The predicted octanol–water partition coefficient (Wildman–Crippen LogP) is 2.37. The lowest BCUT2D eigenvalue weighted by Crippen LogP contribution is -2.35. The van der Waals surface area contributed by atoms with Gasteiger partial charge in [-0.25, -0.2) is 0 Å². The van der Waals surface area contributed by atoms with Crippen LogP contribution in [-0.4, -0.2) is 37.1 Å². The Balaban J connectivity index is 2.15. The maximum absolute atomic E-state index is 9.44. The third-order valence-electron chi connectivity index (χ3n) is 3.26. The molecular weight excluding hydrogens is 204 g/mol. The quantitative estimate of drug-likeness (QED) is 0.729. The molecule has 0 bridgehead atoms. The third-order valence-corrected chi connectivity index (χ3v) is 3.26. The van der Waals surface area contributed by atoms with Crippen molar-refractivity contribution in [2.45, 2.75) is 58.2 Å². The number of aliphatic hydroxyl groups excluding tert-OH is 1. The highest BCUT2D eigenvalue weighted by Gasteiger charge is 2.22. The minimum atomic E-state index is -0.338. The van der Waals surface area contributed by atoms with Gasteiger partial charge in [0, 0.05) is 13.0 Å². The zero-order chi connectivity index (χ0) is 11.8. The maximum atomic E-state index is 9.44. The van der Waals surface area contributed by atoms with Crippen LogP contribution in [0.3, 0.4) is 0 Å². The summed E-state index contributed by atoms with van der Waals surface area (Å²) in [7, 11) is 0. The molecule has 1 rings (SSSR count). The Kier molecular flexibility index (Phi) is 7.01. The standard InChI is InChI=1S/C13H26O3/c1-3-5-6-11(4-2)8-16-13-7-12(14)9-15-10-13/h11-14H,3-10H2,1-2H3/t11?,12-,13+/m1/s1. The lowest BCUT2D eigenvalue weighted by Gasteiger charge is -2.27. The molecule has 1 heterocycles. The molecular formula is C13H26O3. The van der Waals surface area contributed by atoms with Crippen molar-refractivity contribution in [3.8, 4) is 0 Å². The topological polar surface area (TPSA) is 38.7 Å². The average molecular weight is 230 g/mol. The van der Waals surface area contributed by atoms with Crippen LogP contribution in [0.2, 0.25) is 0 Å². The molecule has 0 saturated carbocycles. The Morgan fingerprint density at radius 3 is 2.81 bits per heavy atom. The highest BCUT2D eigenvalue weighted by molar-refractivity contribution is 4.70. The summed E-state index contributed by atoms with van der Waals surface area (Å²) in [6, 6.07) is 0. The minimum Gasteiger partial charge on any atom is -0.391 e. The monoisotopic (exact) mass is 230 g/mol. The Labute approximate surface area is 99.1 Å². The van der Waals surface area contributed by atoms with Crippen molar-refractivity contribution in [1.29, 1.82) is 0 Å². The molecule has 0 amide bonds. The zero-order valence-electron chi connectivity index (χ0n) is 10.7. The van der Waals surface area contributed by atoms with E-state index >= 15 is 0 Å². The molecule has 3 nitrogen and oxygen atoms in total. The number of hydrogen-bond acceptors (Lipinski definition) is 3. The smallest absolute Gasteiger partial charge is 0.0834 e. The average Bonchev–Trinajstić information content (AvgIpc) is 2.29. The number of rotatable bonds is 7. The van der Waals surface area contributed by atoms with Crippen LogP contribution in [0, 0.1) is 5.92 Å². The van der Waals surface area contributed by atoms with Crippen LogP contribution in [-0.2, 0) is 9.47 Å². The first-order valence-electron chi connectivity index (χ1n) is 6.63. The van der Waals surface area contributed by atoms with E-state index in [0.717, 1.165) is 13.0 Å². The molecule has 1 unspecified atom stereocenters. The van der Waals surface area contributed by atoms with Gasteiger partial charge in [-0.15, -0.1) is 0 Å². The van der Waals surface area contributed by atoms with E-state index in [1.807, 2.05) is 0 Å². The van der Waals surface area contributed by atoms with Crippen molar-refractivity contribution in [1.82, 2.24) is 0 Å². The van der Waals surface area contributed by atoms with Gasteiger partial charge >= 0.3 is 0 Å². The first kappa shape index (κ1) is 13.9. The molecule has 16 heavy (non-hydrogen) atoms. The predicted molar refractivity (Wildman–Crippen MR) is 64.5 cm³/mol. The van der Waals surface area contributed by atoms with E-state index in [1.54, 1.807) is 0 Å². The number of ether oxygens (including phenoxy) is 2. The third kappa shape index (κ3) is 5.28. The Morgan fingerprint density at radius 2 is 2.19 bits per heavy atom. The van der Waals surface area contributed by atoms with Gasteiger partial charge in [0.1, 0.15) is 0 Å². The van der Waals surface area contributed by atoms with Gasteiger partial charge < -0.3 is 14.6 Å². The molecule has 96 valence electrons. The van der Waals surface area contributed by atoms with Crippen molar-refractivity contribution in [3.63, 3.8) is 0 Å². The van der Waals surface area contributed by atoms with E-state index in [-0.39, 0.29) is 12.2 Å².